The molecule has 1 amide bonds. The van der Waals surface area contributed by atoms with Crippen molar-refractivity contribution >= 4 is 17.4 Å². The lowest BCUT2D eigenvalue weighted by molar-refractivity contribution is -0.119. The summed E-state index contributed by atoms with van der Waals surface area (Å²) in [6.45, 7) is 5.33. The first-order chi connectivity index (χ1) is 17.0. The lowest BCUT2D eigenvalue weighted by Gasteiger charge is -2.36. The summed E-state index contributed by atoms with van der Waals surface area (Å²) in [4.78, 5) is 30.0. The van der Waals surface area contributed by atoms with Gasteiger partial charge in [-0.25, -0.2) is 0 Å². The zero-order valence-corrected chi connectivity index (χ0v) is 21.2. The lowest BCUT2D eigenvalue weighted by atomic mass is 9.86. The average molecular weight is 475 g/mol. The summed E-state index contributed by atoms with van der Waals surface area (Å²) in [5.41, 5.74) is 5.63. The predicted octanol–water partition coefficient (Wildman–Crippen LogP) is 5.23. The molecule has 0 saturated carbocycles. The number of nitrogens with zero attached hydrogens (tertiary/aromatic N) is 2. The molecule has 5 rings (SSSR count). The van der Waals surface area contributed by atoms with Crippen molar-refractivity contribution in [3.8, 4) is 5.75 Å². The van der Waals surface area contributed by atoms with E-state index in [1.54, 1.807) is 7.11 Å². The fraction of sp³-hybridized carbons (Fsp3) is 0.533. The fourth-order valence-corrected chi connectivity index (χ4v) is 6.30. The minimum atomic E-state index is 0.237. The number of hydrogen-bond acceptors (Lipinski definition) is 4. The molecule has 3 aliphatic heterocycles. The van der Waals surface area contributed by atoms with Crippen molar-refractivity contribution in [3.05, 3.63) is 58.7 Å². The number of piperidine rings is 1. The number of rotatable bonds is 8. The third-order valence-corrected chi connectivity index (χ3v) is 8.36. The Morgan fingerprint density at radius 1 is 1.06 bits per heavy atom. The first kappa shape index (κ1) is 24.1. The Labute approximate surface area is 209 Å². The topological polar surface area (TPSA) is 49.9 Å². The van der Waals surface area contributed by atoms with Gasteiger partial charge in [-0.15, -0.1) is 0 Å². The summed E-state index contributed by atoms with van der Waals surface area (Å²) in [5.74, 6) is 2.10. The van der Waals surface area contributed by atoms with Gasteiger partial charge in [0.1, 0.15) is 5.75 Å². The standard InChI is InChI=1S/C30H38N2O3/c1-21(18-23-6-3-4-8-28(23)35-2)31-16-13-22(14-17-31)9-11-27(33)26-19-24-7-5-15-32-29(34)12-10-25(20-26)30(24)32/h3-4,6,8,19-22H,5,7,9-18H2,1-2H3. The molecule has 0 bridgehead atoms. The second-order valence-electron chi connectivity index (χ2n) is 10.6. The maximum atomic E-state index is 13.1. The summed E-state index contributed by atoms with van der Waals surface area (Å²) in [6, 6.07) is 12.9. The molecular weight excluding hydrogens is 436 g/mol. The van der Waals surface area contributed by atoms with Crippen LogP contribution in [0.2, 0.25) is 0 Å². The van der Waals surface area contributed by atoms with Crippen LogP contribution in [-0.4, -0.2) is 49.4 Å². The number of anilines is 1. The van der Waals surface area contributed by atoms with Gasteiger partial charge in [0, 0.05) is 31.0 Å². The molecule has 1 atom stereocenters. The highest BCUT2D eigenvalue weighted by molar-refractivity contribution is 6.01. The summed E-state index contributed by atoms with van der Waals surface area (Å²) < 4.78 is 5.53. The maximum Gasteiger partial charge on any atom is 0.227 e. The van der Waals surface area contributed by atoms with Gasteiger partial charge >= 0.3 is 0 Å². The van der Waals surface area contributed by atoms with Crippen molar-refractivity contribution in [3.63, 3.8) is 0 Å². The van der Waals surface area contributed by atoms with Crippen molar-refractivity contribution in [2.24, 2.45) is 5.92 Å². The summed E-state index contributed by atoms with van der Waals surface area (Å²) in [7, 11) is 1.74. The quantitative estimate of drug-likeness (QED) is 0.492. The molecule has 35 heavy (non-hydrogen) atoms. The third-order valence-electron chi connectivity index (χ3n) is 8.36. The Morgan fingerprint density at radius 3 is 2.57 bits per heavy atom. The van der Waals surface area contributed by atoms with Gasteiger partial charge in [0.05, 0.1) is 12.8 Å². The van der Waals surface area contributed by atoms with Crippen LogP contribution in [0.1, 0.15) is 72.5 Å². The monoisotopic (exact) mass is 474 g/mol. The maximum absolute atomic E-state index is 13.1. The highest BCUT2D eigenvalue weighted by atomic mass is 16.5. The van der Waals surface area contributed by atoms with Crippen molar-refractivity contribution in [1.82, 2.24) is 4.90 Å². The molecule has 0 aromatic heterocycles. The van der Waals surface area contributed by atoms with E-state index < -0.39 is 0 Å². The minimum absolute atomic E-state index is 0.237. The lowest BCUT2D eigenvalue weighted by Crippen LogP contribution is -2.41. The largest absolute Gasteiger partial charge is 0.496 e. The van der Waals surface area contributed by atoms with Gasteiger partial charge < -0.3 is 14.5 Å². The third kappa shape index (κ3) is 5.16. The van der Waals surface area contributed by atoms with E-state index in [0.29, 0.717) is 24.8 Å². The van der Waals surface area contributed by atoms with E-state index in [-0.39, 0.29) is 11.7 Å². The van der Waals surface area contributed by atoms with Gasteiger partial charge in [0.2, 0.25) is 5.91 Å². The number of amides is 1. The van der Waals surface area contributed by atoms with Crippen molar-refractivity contribution in [2.45, 2.75) is 70.8 Å². The van der Waals surface area contributed by atoms with Gasteiger partial charge in [-0.3, -0.25) is 9.59 Å². The molecule has 1 unspecified atom stereocenters. The molecule has 0 radical (unpaired) electrons. The number of likely N-dealkylation sites (tertiary alicyclic amines) is 1. The highest BCUT2D eigenvalue weighted by Gasteiger charge is 2.30. The molecule has 0 spiro atoms. The van der Waals surface area contributed by atoms with Crippen LogP contribution >= 0.6 is 0 Å². The molecule has 5 heteroatoms. The van der Waals surface area contributed by atoms with Crippen LogP contribution in [0.3, 0.4) is 0 Å². The summed E-state index contributed by atoms with van der Waals surface area (Å²) >= 11 is 0. The van der Waals surface area contributed by atoms with E-state index >= 15 is 0 Å². The molecule has 1 fully saturated rings. The first-order valence-corrected chi connectivity index (χ1v) is 13.4. The van der Waals surface area contributed by atoms with Gasteiger partial charge in [0.15, 0.2) is 5.78 Å². The SMILES string of the molecule is COc1ccccc1CC(C)N1CCC(CCC(=O)c2cc3c4c(c2)CCC(=O)N4CCC3)CC1. The number of carbonyl (C=O) groups excluding carboxylic acids is 2. The Hall–Kier alpha value is -2.66. The van der Waals surface area contributed by atoms with Crippen molar-refractivity contribution < 1.29 is 14.3 Å². The fourth-order valence-electron chi connectivity index (χ4n) is 6.30. The molecule has 2 aromatic carbocycles. The second kappa shape index (κ2) is 10.5. The Kier molecular flexibility index (Phi) is 7.24. The molecule has 2 aromatic rings. The minimum Gasteiger partial charge on any atom is -0.496 e. The summed E-state index contributed by atoms with van der Waals surface area (Å²) in [5, 5.41) is 0. The Balaban J connectivity index is 1.13. The molecule has 5 nitrogen and oxygen atoms in total. The number of Topliss-reactive ketones (excluding diaryl/α,β-unsaturated/α-hetero) is 1. The number of hydrogen-bond donors (Lipinski definition) is 0. The first-order valence-electron chi connectivity index (χ1n) is 13.4. The molecule has 3 heterocycles. The van der Waals surface area contributed by atoms with Gasteiger partial charge in [-0.2, -0.15) is 0 Å². The van der Waals surface area contributed by atoms with Crippen LogP contribution < -0.4 is 9.64 Å². The van der Waals surface area contributed by atoms with Crippen LogP contribution in [0.25, 0.3) is 0 Å². The highest BCUT2D eigenvalue weighted by Crippen LogP contribution is 2.37. The van der Waals surface area contributed by atoms with Crippen molar-refractivity contribution in [2.75, 3.05) is 31.6 Å². The number of methoxy groups -OCH3 is 1. The van der Waals surface area contributed by atoms with Crippen LogP contribution in [0.5, 0.6) is 5.75 Å². The van der Waals surface area contributed by atoms with Gasteiger partial charge in [0.25, 0.3) is 0 Å². The molecule has 3 aliphatic rings. The molecule has 0 N–H and O–H groups in total. The molecule has 1 saturated heterocycles. The zero-order chi connectivity index (χ0) is 24.4. The number of para-hydroxylation sites is 1. The average Bonchev–Trinajstić information content (AvgIpc) is 2.89. The van der Waals surface area contributed by atoms with Crippen LogP contribution in [0.4, 0.5) is 5.69 Å². The number of ketones is 1. The zero-order valence-electron chi connectivity index (χ0n) is 21.2. The normalized spacial score (nSPS) is 19.4. The van der Waals surface area contributed by atoms with Crippen LogP contribution in [-0.2, 0) is 24.1 Å². The second-order valence-corrected chi connectivity index (χ2v) is 10.6. The molecule has 186 valence electrons. The summed E-state index contributed by atoms with van der Waals surface area (Å²) in [6.07, 6.45) is 8.22. The van der Waals surface area contributed by atoms with Gasteiger partial charge in [-0.1, -0.05) is 18.2 Å². The van der Waals surface area contributed by atoms with E-state index in [9.17, 15) is 9.59 Å². The Morgan fingerprint density at radius 2 is 1.80 bits per heavy atom. The van der Waals surface area contributed by atoms with E-state index in [1.807, 2.05) is 17.0 Å². The number of aryl methyl sites for hydroxylation is 2. The molecule has 0 aliphatic carbocycles. The number of benzene rings is 2. The van der Waals surface area contributed by atoms with E-state index in [1.165, 1.54) is 16.7 Å². The van der Waals surface area contributed by atoms with E-state index in [2.05, 4.69) is 36.1 Å². The van der Waals surface area contributed by atoms with Crippen molar-refractivity contribution in [1.29, 1.82) is 0 Å². The smallest absolute Gasteiger partial charge is 0.227 e. The predicted molar refractivity (Wildman–Crippen MR) is 139 cm³/mol. The molecular formula is C30H38N2O3. The number of carbonyl (C=O) groups is 2. The van der Waals surface area contributed by atoms with E-state index in [4.69, 9.17) is 4.74 Å². The van der Waals surface area contributed by atoms with Gasteiger partial charge in [-0.05, 0) is 106 Å². The Bertz CT molecular complexity index is 1070. The van der Waals surface area contributed by atoms with E-state index in [0.717, 1.165) is 81.6 Å². The van der Waals surface area contributed by atoms with Crippen LogP contribution in [0, 0.1) is 5.92 Å². The number of ether oxygens (including phenoxy) is 1. The van der Waals surface area contributed by atoms with Crippen LogP contribution in [0.15, 0.2) is 36.4 Å².